The van der Waals surface area contributed by atoms with Gasteiger partial charge in [0.25, 0.3) is 11.8 Å². The summed E-state index contributed by atoms with van der Waals surface area (Å²) in [5, 5.41) is 18.9. The Balaban J connectivity index is 1.35. The number of rotatable bonds is 17. The highest BCUT2D eigenvalue weighted by Crippen LogP contribution is 2.30. The average Bonchev–Trinajstić information content (AvgIpc) is 3.44. The van der Waals surface area contributed by atoms with E-state index in [0.717, 1.165) is 12.8 Å². The molecule has 49 heavy (non-hydrogen) atoms. The normalized spacial score (nSPS) is 11.3. The molecule has 2 amide bonds. The zero-order valence-electron chi connectivity index (χ0n) is 28.0. The molecule has 3 aromatic carbocycles. The van der Waals surface area contributed by atoms with Crippen LogP contribution in [0, 0.1) is 13.8 Å². The fourth-order valence-electron chi connectivity index (χ4n) is 5.08. The number of carboxylic acid groups (broad SMARTS) is 1. The second-order valence-electron chi connectivity index (χ2n) is 11.5. The van der Waals surface area contributed by atoms with Gasteiger partial charge in [0, 0.05) is 17.7 Å². The minimum Gasteiger partial charge on any atom is -0.494 e. The van der Waals surface area contributed by atoms with Crippen molar-refractivity contribution < 1.29 is 43.0 Å². The number of carboxylic acids is 1. The fraction of sp³-hybridized carbons (Fsp3) is 0.324. The number of ether oxygens (including phenoxy) is 3. The molecule has 0 fully saturated rings. The molecule has 1 heterocycles. The van der Waals surface area contributed by atoms with Gasteiger partial charge in [-0.3, -0.25) is 9.59 Å². The van der Waals surface area contributed by atoms with E-state index in [-0.39, 0.29) is 23.5 Å². The van der Waals surface area contributed by atoms with Gasteiger partial charge in [-0.1, -0.05) is 49.9 Å². The van der Waals surface area contributed by atoms with Crippen molar-refractivity contribution in [3.63, 3.8) is 0 Å². The number of nitrogens with zero attached hydrogens (tertiary/aromatic N) is 1. The largest absolute Gasteiger partial charge is 0.494 e. The Hall–Kier alpha value is -5.65. The summed E-state index contributed by atoms with van der Waals surface area (Å²) in [6.45, 7) is 6.05. The van der Waals surface area contributed by atoms with Crippen LogP contribution in [0.3, 0.4) is 0 Å². The maximum absolute atomic E-state index is 13.1. The van der Waals surface area contributed by atoms with E-state index in [1.807, 2.05) is 0 Å². The number of hydrogen-bond donors (Lipinski definition) is 3. The first-order valence-corrected chi connectivity index (χ1v) is 16.1. The third-order valence-corrected chi connectivity index (χ3v) is 7.72. The molecular formula is C37H41N3O9. The van der Waals surface area contributed by atoms with Crippen LogP contribution in [0.2, 0.25) is 0 Å². The van der Waals surface area contributed by atoms with Gasteiger partial charge in [0.15, 0.2) is 11.5 Å². The van der Waals surface area contributed by atoms with Gasteiger partial charge in [-0.05, 0) is 80.4 Å². The minimum absolute atomic E-state index is 0.0891. The molecule has 3 N–H and O–H groups in total. The predicted molar refractivity (Wildman–Crippen MR) is 182 cm³/mol. The topological polar surface area (TPSA) is 166 Å². The summed E-state index contributed by atoms with van der Waals surface area (Å²) in [5.41, 5.74) is 2.03. The van der Waals surface area contributed by atoms with Crippen LogP contribution in [0.15, 0.2) is 71.3 Å². The standard InChI is InChI=1S/C37H41N3O9/c1-5-6-7-8-9-19-47-29-16-14-26(15-17-29)37(45)48-31-18-13-25(21-32(31)46-4)20-30(36(43)44)39-34(41)27-11-10-12-28(22-27)38-35(42)33-23(2)40-49-24(33)3/h10-18,21-22,30H,5-9,19-20H2,1-4H3,(H,38,42)(H,39,41)(H,43,44). The Morgan fingerprint density at radius 2 is 1.63 bits per heavy atom. The number of carbonyl (C=O) groups excluding carboxylic acids is 3. The highest BCUT2D eigenvalue weighted by atomic mass is 16.6. The number of unbranched alkanes of at least 4 members (excludes halogenated alkanes) is 4. The third kappa shape index (κ3) is 10.2. The first-order chi connectivity index (χ1) is 23.6. The second kappa shape index (κ2) is 17.5. The molecule has 4 rings (SSSR count). The number of aliphatic carboxylic acids is 1. The van der Waals surface area contributed by atoms with Crippen molar-refractivity contribution in [3.05, 3.63) is 100 Å². The molecule has 12 heteroatoms. The van der Waals surface area contributed by atoms with Crippen LogP contribution in [-0.4, -0.2) is 53.8 Å². The van der Waals surface area contributed by atoms with Crippen LogP contribution in [0.25, 0.3) is 0 Å². The fourth-order valence-corrected chi connectivity index (χ4v) is 5.08. The van der Waals surface area contributed by atoms with Gasteiger partial charge >= 0.3 is 11.9 Å². The van der Waals surface area contributed by atoms with Gasteiger partial charge < -0.3 is 34.5 Å². The number of aryl methyl sites for hydroxylation is 2. The van der Waals surface area contributed by atoms with Crippen LogP contribution in [0.1, 0.15) is 87.1 Å². The van der Waals surface area contributed by atoms with Gasteiger partial charge in [-0.2, -0.15) is 0 Å². The van der Waals surface area contributed by atoms with Gasteiger partial charge in [-0.25, -0.2) is 9.59 Å². The zero-order chi connectivity index (χ0) is 35.3. The van der Waals surface area contributed by atoms with E-state index < -0.39 is 29.8 Å². The number of esters is 1. The SMILES string of the molecule is CCCCCCCOc1ccc(C(=O)Oc2ccc(CC(NC(=O)c3cccc(NC(=O)c4c(C)noc4C)c3)C(=O)O)cc2OC)cc1. The molecule has 0 bridgehead atoms. The monoisotopic (exact) mass is 671 g/mol. The Morgan fingerprint density at radius 1 is 0.878 bits per heavy atom. The Morgan fingerprint density at radius 3 is 2.31 bits per heavy atom. The van der Waals surface area contributed by atoms with E-state index in [4.69, 9.17) is 18.7 Å². The van der Waals surface area contributed by atoms with Gasteiger partial charge in [0.2, 0.25) is 0 Å². The lowest BCUT2D eigenvalue weighted by Crippen LogP contribution is -2.42. The smallest absolute Gasteiger partial charge is 0.343 e. The highest BCUT2D eigenvalue weighted by Gasteiger charge is 2.23. The molecule has 258 valence electrons. The predicted octanol–water partition coefficient (Wildman–Crippen LogP) is 6.55. The Kier molecular flexibility index (Phi) is 12.9. The maximum Gasteiger partial charge on any atom is 0.343 e. The quantitative estimate of drug-likeness (QED) is 0.0637. The van der Waals surface area contributed by atoms with Gasteiger partial charge in [-0.15, -0.1) is 0 Å². The summed E-state index contributed by atoms with van der Waals surface area (Å²) in [5.74, 6) is -1.57. The minimum atomic E-state index is -1.30. The van der Waals surface area contributed by atoms with E-state index in [1.165, 1.54) is 44.6 Å². The molecule has 0 saturated carbocycles. The third-order valence-electron chi connectivity index (χ3n) is 7.72. The van der Waals surface area contributed by atoms with E-state index in [1.54, 1.807) is 62.4 Å². The number of hydrogen-bond acceptors (Lipinski definition) is 9. The molecule has 0 radical (unpaired) electrons. The average molecular weight is 672 g/mol. The van der Waals surface area contributed by atoms with Crippen molar-refractivity contribution in [2.45, 2.75) is 65.3 Å². The molecule has 0 aliphatic carbocycles. The van der Waals surface area contributed by atoms with E-state index >= 15 is 0 Å². The van der Waals surface area contributed by atoms with E-state index in [0.29, 0.717) is 46.2 Å². The van der Waals surface area contributed by atoms with Crippen LogP contribution in [0.5, 0.6) is 17.2 Å². The van der Waals surface area contributed by atoms with Crippen molar-refractivity contribution in [2.75, 3.05) is 19.0 Å². The van der Waals surface area contributed by atoms with Crippen molar-refractivity contribution in [1.29, 1.82) is 0 Å². The summed E-state index contributed by atoms with van der Waals surface area (Å²) >= 11 is 0. The maximum atomic E-state index is 13.1. The number of methoxy groups -OCH3 is 1. The Bertz CT molecular complexity index is 1750. The molecule has 0 aliphatic rings. The van der Waals surface area contributed by atoms with Crippen molar-refractivity contribution in [3.8, 4) is 17.2 Å². The number of amides is 2. The summed E-state index contributed by atoms with van der Waals surface area (Å²) in [6, 6.07) is 16.1. The van der Waals surface area contributed by atoms with Crippen molar-refractivity contribution in [2.24, 2.45) is 0 Å². The van der Waals surface area contributed by atoms with E-state index in [2.05, 4.69) is 22.7 Å². The first kappa shape index (κ1) is 36.2. The number of aromatic nitrogens is 1. The van der Waals surface area contributed by atoms with Crippen LogP contribution >= 0.6 is 0 Å². The molecular weight excluding hydrogens is 630 g/mol. The Labute approximate surface area is 284 Å². The number of anilines is 1. The molecule has 0 spiro atoms. The highest BCUT2D eigenvalue weighted by molar-refractivity contribution is 6.06. The second-order valence-corrected chi connectivity index (χ2v) is 11.5. The summed E-state index contributed by atoms with van der Waals surface area (Å²) in [7, 11) is 1.40. The van der Waals surface area contributed by atoms with E-state index in [9.17, 15) is 24.3 Å². The summed E-state index contributed by atoms with van der Waals surface area (Å²) in [4.78, 5) is 50.8. The number of benzene rings is 3. The zero-order valence-corrected chi connectivity index (χ0v) is 28.0. The first-order valence-electron chi connectivity index (χ1n) is 16.1. The summed E-state index contributed by atoms with van der Waals surface area (Å²) < 4.78 is 21.8. The van der Waals surface area contributed by atoms with Crippen molar-refractivity contribution in [1.82, 2.24) is 10.5 Å². The van der Waals surface area contributed by atoms with Crippen LogP contribution in [0.4, 0.5) is 5.69 Å². The molecule has 0 saturated heterocycles. The van der Waals surface area contributed by atoms with Gasteiger partial charge in [0.05, 0.1) is 25.0 Å². The number of nitrogens with one attached hydrogen (secondary N) is 2. The van der Waals surface area contributed by atoms with Gasteiger partial charge in [0.1, 0.15) is 23.1 Å². The van der Waals surface area contributed by atoms with Crippen molar-refractivity contribution >= 4 is 29.4 Å². The molecule has 1 aromatic heterocycles. The lowest BCUT2D eigenvalue weighted by atomic mass is 10.0. The molecule has 0 aliphatic heterocycles. The van der Waals surface area contributed by atoms with Crippen LogP contribution in [-0.2, 0) is 11.2 Å². The molecule has 12 nitrogen and oxygen atoms in total. The van der Waals surface area contributed by atoms with Crippen LogP contribution < -0.4 is 24.8 Å². The molecule has 1 atom stereocenters. The molecule has 1 unspecified atom stereocenters. The lowest BCUT2D eigenvalue weighted by Gasteiger charge is -2.17. The lowest BCUT2D eigenvalue weighted by molar-refractivity contribution is -0.139. The summed E-state index contributed by atoms with van der Waals surface area (Å²) in [6.07, 6.45) is 5.60. The number of carbonyl (C=O) groups is 4. The molecule has 4 aromatic rings.